The Morgan fingerprint density at radius 1 is 1.41 bits per heavy atom. The molecule has 1 atom stereocenters. The van der Waals surface area contributed by atoms with Gasteiger partial charge in [-0.1, -0.05) is 45.0 Å². The van der Waals surface area contributed by atoms with Gasteiger partial charge in [0.1, 0.15) is 0 Å². The van der Waals surface area contributed by atoms with Crippen molar-refractivity contribution in [1.82, 2.24) is 0 Å². The largest absolute Gasteiger partial charge is 0.481 e. The summed E-state index contributed by atoms with van der Waals surface area (Å²) in [4.78, 5) is 10.8. The van der Waals surface area contributed by atoms with Crippen LogP contribution in [0.4, 0.5) is 0 Å². The van der Waals surface area contributed by atoms with E-state index in [4.69, 9.17) is 10.8 Å². The Hall–Kier alpha value is -1.35. The van der Waals surface area contributed by atoms with Crippen molar-refractivity contribution in [3.8, 4) is 0 Å². The lowest BCUT2D eigenvalue weighted by molar-refractivity contribution is -0.137. The van der Waals surface area contributed by atoms with Crippen molar-refractivity contribution in [2.24, 2.45) is 5.73 Å². The minimum absolute atomic E-state index is 0.0678. The lowest BCUT2D eigenvalue weighted by Crippen LogP contribution is -2.18. The molecule has 0 aliphatic carbocycles. The maximum Gasteiger partial charge on any atom is 0.304 e. The van der Waals surface area contributed by atoms with Gasteiger partial charge in [0.15, 0.2) is 0 Å². The van der Waals surface area contributed by atoms with Gasteiger partial charge in [-0.2, -0.15) is 0 Å². The molecule has 1 rings (SSSR count). The molecule has 1 aromatic rings. The van der Waals surface area contributed by atoms with Gasteiger partial charge in [0, 0.05) is 5.92 Å². The monoisotopic (exact) mass is 235 g/mol. The average molecular weight is 235 g/mol. The summed E-state index contributed by atoms with van der Waals surface area (Å²) < 4.78 is 0. The van der Waals surface area contributed by atoms with E-state index in [-0.39, 0.29) is 17.8 Å². The number of nitrogens with two attached hydrogens (primary N) is 1. The predicted octanol–water partition coefficient (Wildman–Crippen LogP) is 2.50. The predicted molar refractivity (Wildman–Crippen MR) is 69.2 cm³/mol. The third kappa shape index (κ3) is 3.86. The van der Waals surface area contributed by atoms with Crippen LogP contribution in [-0.2, 0) is 10.2 Å². The molecule has 0 amide bonds. The lowest BCUT2D eigenvalue weighted by Gasteiger charge is -2.21. The van der Waals surface area contributed by atoms with Gasteiger partial charge >= 0.3 is 5.97 Å². The van der Waals surface area contributed by atoms with Crippen molar-refractivity contribution < 1.29 is 9.90 Å². The van der Waals surface area contributed by atoms with Crippen LogP contribution in [0.15, 0.2) is 24.3 Å². The minimum atomic E-state index is -0.804. The van der Waals surface area contributed by atoms with Crippen LogP contribution >= 0.6 is 0 Å². The maximum absolute atomic E-state index is 10.8. The summed E-state index contributed by atoms with van der Waals surface area (Å²) in [7, 11) is 0. The zero-order valence-corrected chi connectivity index (χ0v) is 10.7. The van der Waals surface area contributed by atoms with Gasteiger partial charge in [-0.25, -0.2) is 0 Å². The molecule has 0 heterocycles. The third-order valence-electron chi connectivity index (χ3n) is 2.93. The number of benzene rings is 1. The van der Waals surface area contributed by atoms with E-state index in [9.17, 15) is 4.79 Å². The van der Waals surface area contributed by atoms with Crippen LogP contribution in [0.5, 0.6) is 0 Å². The van der Waals surface area contributed by atoms with Crippen LogP contribution in [0.25, 0.3) is 0 Å². The summed E-state index contributed by atoms with van der Waals surface area (Å²) >= 11 is 0. The van der Waals surface area contributed by atoms with Crippen LogP contribution in [0, 0.1) is 0 Å². The molecule has 0 saturated heterocycles. The first-order chi connectivity index (χ1) is 7.84. The van der Waals surface area contributed by atoms with Crippen LogP contribution < -0.4 is 5.73 Å². The zero-order chi connectivity index (χ0) is 13.1. The number of hydrogen-bond acceptors (Lipinski definition) is 2. The standard InChI is InChI=1S/C14H21NO2/c1-14(2,3)12-6-4-5-10(7-12)11(9-15)8-13(16)17/h4-7,11H,8-9,15H2,1-3H3,(H,16,17). The highest BCUT2D eigenvalue weighted by Crippen LogP contribution is 2.26. The topological polar surface area (TPSA) is 63.3 Å². The molecule has 3 nitrogen and oxygen atoms in total. The fourth-order valence-corrected chi connectivity index (χ4v) is 1.81. The number of aliphatic carboxylic acids is 1. The van der Waals surface area contributed by atoms with Crippen molar-refractivity contribution in [2.75, 3.05) is 6.54 Å². The van der Waals surface area contributed by atoms with E-state index in [0.29, 0.717) is 6.54 Å². The molecule has 0 aliphatic heterocycles. The molecular formula is C14H21NO2. The summed E-state index contributed by atoms with van der Waals surface area (Å²) in [6.45, 7) is 6.78. The van der Waals surface area contributed by atoms with Gasteiger partial charge in [-0.15, -0.1) is 0 Å². The smallest absolute Gasteiger partial charge is 0.304 e. The fourth-order valence-electron chi connectivity index (χ4n) is 1.81. The van der Waals surface area contributed by atoms with Crippen molar-refractivity contribution in [1.29, 1.82) is 0 Å². The minimum Gasteiger partial charge on any atom is -0.481 e. The number of hydrogen-bond donors (Lipinski definition) is 2. The highest BCUT2D eigenvalue weighted by Gasteiger charge is 2.18. The summed E-state index contributed by atoms with van der Waals surface area (Å²) in [5.41, 5.74) is 7.94. The van der Waals surface area contributed by atoms with E-state index in [1.165, 1.54) is 5.56 Å². The highest BCUT2D eigenvalue weighted by molar-refractivity contribution is 5.68. The second-order valence-corrected chi connectivity index (χ2v) is 5.41. The van der Waals surface area contributed by atoms with Crippen LogP contribution in [0.1, 0.15) is 44.2 Å². The molecule has 17 heavy (non-hydrogen) atoms. The van der Waals surface area contributed by atoms with E-state index >= 15 is 0 Å². The Balaban J connectivity index is 3.01. The first-order valence-electron chi connectivity index (χ1n) is 5.87. The van der Waals surface area contributed by atoms with Crippen LogP contribution in [0.2, 0.25) is 0 Å². The van der Waals surface area contributed by atoms with Gasteiger partial charge in [-0.05, 0) is 23.1 Å². The molecule has 94 valence electrons. The number of rotatable bonds is 4. The average Bonchev–Trinajstić information content (AvgIpc) is 2.24. The third-order valence-corrected chi connectivity index (χ3v) is 2.93. The Morgan fingerprint density at radius 3 is 2.53 bits per heavy atom. The van der Waals surface area contributed by atoms with Crippen LogP contribution in [-0.4, -0.2) is 17.6 Å². The summed E-state index contributed by atoms with van der Waals surface area (Å²) in [6, 6.07) is 8.06. The van der Waals surface area contributed by atoms with Gasteiger partial charge < -0.3 is 10.8 Å². The normalized spacial score (nSPS) is 13.4. The van der Waals surface area contributed by atoms with Crippen LogP contribution in [0.3, 0.4) is 0 Å². The molecule has 0 radical (unpaired) electrons. The number of carboxylic acids is 1. The van der Waals surface area contributed by atoms with Gasteiger partial charge in [0.25, 0.3) is 0 Å². The molecular weight excluding hydrogens is 214 g/mol. The Labute approximate surface area is 103 Å². The van der Waals surface area contributed by atoms with Gasteiger partial charge in [0.2, 0.25) is 0 Å². The molecule has 0 saturated carbocycles. The number of carbonyl (C=O) groups is 1. The van der Waals surface area contributed by atoms with Crippen molar-refractivity contribution >= 4 is 5.97 Å². The second-order valence-electron chi connectivity index (χ2n) is 5.41. The van der Waals surface area contributed by atoms with E-state index in [1.807, 2.05) is 12.1 Å². The highest BCUT2D eigenvalue weighted by atomic mass is 16.4. The summed E-state index contributed by atoms with van der Waals surface area (Å²) in [5.74, 6) is -0.906. The Morgan fingerprint density at radius 2 is 2.06 bits per heavy atom. The SMILES string of the molecule is CC(C)(C)c1cccc(C(CN)CC(=O)O)c1. The summed E-state index contributed by atoms with van der Waals surface area (Å²) in [6.07, 6.45) is 0.0874. The Bertz CT molecular complexity index is 393. The van der Waals surface area contributed by atoms with Crippen molar-refractivity contribution in [2.45, 2.75) is 38.5 Å². The quantitative estimate of drug-likeness (QED) is 0.842. The second kappa shape index (κ2) is 5.32. The van der Waals surface area contributed by atoms with E-state index in [2.05, 4.69) is 32.9 Å². The van der Waals surface area contributed by atoms with Gasteiger partial charge in [0.05, 0.1) is 6.42 Å². The fraction of sp³-hybridized carbons (Fsp3) is 0.500. The number of carboxylic acid groups (broad SMARTS) is 1. The first-order valence-corrected chi connectivity index (χ1v) is 5.87. The maximum atomic E-state index is 10.8. The Kier molecular flexibility index (Phi) is 4.29. The molecule has 0 fully saturated rings. The molecule has 0 bridgehead atoms. The van der Waals surface area contributed by atoms with E-state index in [1.54, 1.807) is 0 Å². The molecule has 3 N–H and O–H groups in total. The van der Waals surface area contributed by atoms with E-state index in [0.717, 1.165) is 5.56 Å². The van der Waals surface area contributed by atoms with Crippen molar-refractivity contribution in [3.05, 3.63) is 35.4 Å². The molecule has 0 spiro atoms. The van der Waals surface area contributed by atoms with Gasteiger partial charge in [-0.3, -0.25) is 4.79 Å². The molecule has 3 heteroatoms. The zero-order valence-electron chi connectivity index (χ0n) is 10.7. The molecule has 1 unspecified atom stereocenters. The summed E-state index contributed by atoms with van der Waals surface area (Å²) in [5, 5.41) is 8.85. The molecule has 0 aromatic heterocycles. The first kappa shape index (κ1) is 13.7. The lowest BCUT2D eigenvalue weighted by atomic mass is 9.84. The van der Waals surface area contributed by atoms with E-state index < -0.39 is 5.97 Å². The van der Waals surface area contributed by atoms with Crippen molar-refractivity contribution in [3.63, 3.8) is 0 Å². The molecule has 1 aromatic carbocycles. The molecule has 0 aliphatic rings.